The molecule has 1 heterocycles. The summed E-state index contributed by atoms with van der Waals surface area (Å²) in [4.78, 5) is 1.98. The fourth-order valence-corrected chi connectivity index (χ4v) is 4.83. The molecule has 3 rings (SSSR count). The Kier molecular flexibility index (Phi) is 6.22. The molecule has 0 aliphatic carbocycles. The number of sulfonamides is 1. The number of rotatable bonds is 7. The van der Waals surface area contributed by atoms with Gasteiger partial charge in [0.1, 0.15) is 5.82 Å². The summed E-state index contributed by atoms with van der Waals surface area (Å²) in [6, 6.07) is 10.3. The van der Waals surface area contributed by atoms with Crippen molar-refractivity contribution >= 4 is 21.4 Å². The fraction of sp³-hybridized carbons (Fsp3) is 0.400. The van der Waals surface area contributed by atoms with E-state index >= 15 is 0 Å². The van der Waals surface area contributed by atoms with E-state index in [0.717, 1.165) is 36.2 Å². The first kappa shape index (κ1) is 20.6. The minimum atomic E-state index is -3.83. The van der Waals surface area contributed by atoms with Crippen LogP contribution in [0.5, 0.6) is 0 Å². The molecule has 1 saturated heterocycles. The molecular formula is C20H26FN3O3S. The second kappa shape index (κ2) is 8.46. The zero-order valence-corrected chi connectivity index (χ0v) is 17.0. The van der Waals surface area contributed by atoms with Crippen LogP contribution in [0.3, 0.4) is 0 Å². The molecule has 0 bridgehead atoms. The summed E-state index contributed by atoms with van der Waals surface area (Å²) in [6.07, 6.45) is 1.57. The predicted octanol–water partition coefficient (Wildman–Crippen LogP) is 2.84. The molecular weight excluding hydrogens is 381 g/mol. The van der Waals surface area contributed by atoms with Crippen LogP contribution in [0.2, 0.25) is 0 Å². The van der Waals surface area contributed by atoms with Gasteiger partial charge >= 0.3 is 0 Å². The van der Waals surface area contributed by atoms with Gasteiger partial charge in [0.05, 0.1) is 11.0 Å². The van der Waals surface area contributed by atoms with Gasteiger partial charge in [-0.3, -0.25) is 0 Å². The Hall–Kier alpha value is -2.16. The molecule has 1 atom stereocenters. The minimum absolute atomic E-state index is 0.0576. The molecule has 0 amide bonds. The first-order valence-electron chi connectivity index (χ1n) is 9.20. The van der Waals surface area contributed by atoms with Gasteiger partial charge in [0.25, 0.3) is 0 Å². The van der Waals surface area contributed by atoms with E-state index < -0.39 is 15.8 Å². The average Bonchev–Trinajstić information content (AvgIpc) is 3.14. The molecule has 2 aromatic rings. The maximum Gasteiger partial charge on any atom is 0.243 e. The molecule has 0 saturated carbocycles. The summed E-state index contributed by atoms with van der Waals surface area (Å²) in [6.45, 7) is 1.02. The zero-order chi connectivity index (χ0) is 20.3. The standard InChI is InChI=1S/C20H26FN3O3S/c1-23(2)20-10-7-17(22)12-15(20)13-24(14-18-4-3-11-27-18)28(25,26)19-8-5-16(21)6-9-19/h5-10,12,18H,3-4,11,13-14,22H2,1-2H3/t18-/m0/s1. The van der Waals surface area contributed by atoms with Crippen LogP contribution in [-0.4, -0.2) is 46.1 Å². The van der Waals surface area contributed by atoms with E-state index in [1.807, 2.05) is 25.1 Å². The number of halogens is 1. The minimum Gasteiger partial charge on any atom is -0.399 e. The summed E-state index contributed by atoms with van der Waals surface area (Å²) in [5.41, 5.74) is 8.21. The number of benzene rings is 2. The summed E-state index contributed by atoms with van der Waals surface area (Å²) in [5.74, 6) is -0.477. The van der Waals surface area contributed by atoms with E-state index in [9.17, 15) is 12.8 Å². The van der Waals surface area contributed by atoms with Crippen molar-refractivity contribution in [1.29, 1.82) is 0 Å². The molecule has 0 aromatic heterocycles. The van der Waals surface area contributed by atoms with Crippen LogP contribution in [0, 0.1) is 5.82 Å². The van der Waals surface area contributed by atoms with Crippen LogP contribution < -0.4 is 10.6 Å². The molecule has 2 aromatic carbocycles. The molecule has 0 unspecified atom stereocenters. The van der Waals surface area contributed by atoms with Crippen molar-refractivity contribution in [3.63, 3.8) is 0 Å². The van der Waals surface area contributed by atoms with E-state index in [-0.39, 0.29) is 24.1 Å². The maximum absolute atomic E-state index is 13.3. The first-order valence-corrected chi connectivity index (χ1v) is 10.6. The highest BCUT2D eigenvalue weighted by molar-refractivity contribution is 7.89. The van der Waals surface area contributed by atoms with Gasteiger partial charge in [0, 0.05) is 45.2 Å². The molecule has 1 aliphatic heterocycles. The molecule has 152 valence electrons. The lowest BCUT2D eigenvalue weighted by atomic mass is 10.1. The Morgan fingerprint density at radius 2 is 1.89 bits per heavy atom. The van der Waals surface area contributed by atoms with Crippen LogP contribution in [0.25, 0.3) is 0 Å². The molecule has 6 nitrogen and oxygen atoms in total. The quantitative estimate of drug-likeness (QED) is 0.715. The monoisotopic (exact) mass is 407 g/mol. The SMILES string of the molecule is CN(C)c1ccc(N)cc1CN(C[C@@H]1CCCO1)S(=O)(=O)c1ccc(F)cc1. The van der Waals surface area contributed by atoms with Gasteiger partial charge in [-0.05, 0) is 60.9 Å². The van der Waals surface area contributed by atoms with Crippen molar-refractivity contribution in [3.8, 4) is 0 Å². The van der Waals surface area contributed by atoms with Crippen molar-refractivity contribution < 1.29 is 17.5 Å². The normalized spacial score (nSPS) is 17.2. The Morgan fingerprint density at radius 3 is 2.50 bits per heavy atom. The molecule has 1 fully saturated rings. The highest BCUT2D eigenvalue weighted by Gasteiger charge is 2.30. The van der Waals surface area contributed by atoms with Crippen molar-refractivity contribution in [2.24, 2.45) is 0 Å². The highest BCUT2D eigenvalue weighted by atomic mass is 32.2. The first-order chi connectivity index (χ1) is 13.3. The molecule has 0 radical (unpaired) electrons. The van der Waals surface area contributed by atoms with E-state index in [4.69, 9.17) is 10.5 Å². The van der Waals surface area contributed by atoms with Crippen molar-refractivity contribution in [3.05, 3.63) is 53.8 Å². The van der Waals surface area contributed by atoms with Crippen molar-refractivity contribution in [1.82, 2.24) is 4.31 Å². The Labute approximate surface area is 165 Å². The van der Waals surface area contributed by atoms with Crippen molar-refractivity contribution in [2.75, 3.05) is 37.9 Å². The van der Waals surface area contributed by atoms with Gasteiger partial charge in [-0.15, -0.1) is 0 Å². The van der Waals surface area contributed by atoms with Crippen LogP contribution >= 0.6 is 0 Å². The molecule has 8 heteroatoms. The molecule has 1 aliphatic rings. The summed E-state index contributed by atoms with van der Waals surface area (Å²) < 4.78 is 47.0. The number of nitrogen functional groups attached to an aromatic ring is 1. The maximum atomic E-state index is 13.3. The fourth-order valence-electron chi connectivity index (χ4n) is 3.38. The van der Waals surface area contributed by atoms with E-state index in [1.165, 1.54) is 16.4 Å². The number of nitrogens with two attached hydrogens (primary N) is 1. The summed E-state index contributed by atoms with van der Waals surface area (Å²) in [7, 11) is -0.0380. The number of anilines is 2. The molecule has 28 heavy (non-hydrogen) atoms. The third kappa shape index (κ3) is 4.63. The van der Waals surface area contributed by atoms with Crippen LogP contribution in [0.4, 0.5) is 15.8 Å². The largest absolute Gasteiger partial charge is 0.399 e. The lowest BCUT2D eigenvalue weighted by Crippen LogP contribution is -2.37. The number of hydrogen-bond acceptors (Lipinski definition) is 5. The molecule has 0 spiro atoms. The second-order valence-corrected chi connectivity index (χ2v) is 9.11. The number of nitrogens with zero attached hydrogens (tertiary/aromatic N) is 2. The van der Waals surface area contributed by atoms with Crippen molar-refractivity contribution in [2.45, 2.75) is 30.4 Å². The third-order valence-corrected chi connectivity index (χ3v) is 6.64. The van der Waals surface area contributed by atoms with Gasteiger partial charge < -0.3 is 15.4 Å². The smallest absolute Gasteiger partial charge is 0.243 e. The summed E-state index contributed by atoms with van der Waals surface area (Å²) in [5, 5.41) is 0. The van der Waals surface area contributed by atoms with Crippen LogP contribution in [-0.2, 0) is 21.3 Å². The van der Waals surface area contributed by atoms with Gasteiger partial charge in [-0.25, -0.2) is 12.8 Å². The van der Waals surface area contributed by atoms with Gasteiger partial charge in [-0.1, -0.05) is 0 Å². The summed E-state index contributed by atoms with van der Waals surface area (Å²) >= 11 is 0. The van der Waals surface area contributed by atoms with Gasteiger partial charge in [0.15, 0.2) is 0 Å². The number of hydrogen-bond donors (Lipinski definition) is 1. The van der Waals surface area contributed by atoms with Gasteiger partial charge in [-0.2, -0.15) is 4.31 Å². The Morgan fingerprint density at radius 1 is 1.18 bits per heavy atom. The third-order valence-electron chi connectivity index (χ3n) is 4.81. The van der Waals surface area contributed by atoms with E-state index in [0.29, 0.717) is 12.3 Å². The lowest BCUT2D eigenvalue weighted by molar-refractivity contribution is 0.0926. The lowest BCUT2D eigenvalue weighted by Gasteiger charge is -2.27. The average molecular weight is 408 g/mol. The number of ether oxygens (including phenoxy) is 1. The van der Waals surface area contributed by atoms with E-state index in [2.05, 4.69) is 0 Å². The Bertz CT molecular complexity index is 911. The zero-order valence-electron chi connectivity index (χ0n) is 16.1. The highest BCUT2D eigenvalue weighted by Crippen LogP contribution is 2.27. The van der Waals surface area contributed by atoms with E-state index in [1.54, 1.807) is 12.1 Å². The Balaban J connectivity index is 1.97. The topological polar surface area (TPSA) is 75.9 Å². The predicted molar refractivity (Wildman–Crippen MR) is 108 cm³/mol. The second-order valence-electron chi connectivity index (χ2n) is 7.17. The molecule has 2 N–H and O–H groups in total. The van der Waals surface area contributed by atoms with Crippen LogP contribution in [0.15, 0.2) is 47.4 Å². The van der Waals surface area contributed by atoms with Crippen LogP contribution in [0.1, 0.15) is 18.4 Å². The van der Waals surface area contributed by atoms with Gasteiger partial charge in [0.2, 0.25) is 10.0 Å².